The Labute approximate surface area is 123 Å². The molecular formula is C14H12BrF2NO2. The minimum atomic E-state index is -0.778. The molecule has 20 heavy (non-hydrogen) atoms. The van der Waals surface area contributed by atoms with Crippen molar-refractivity contribution >= 4 is 21.6 Å². The fraction of sp³-hybridized carbons (Fsp3) is 0.143. The van der Waals surface area contributed by atoms with Crippen molar-refractivity contribution < 1.29 is 18.3 Å². The van der Waals surface area contributed by atoms with Crippen LogP contribution in [-0.4, -0.2) is 7.11 Å². The molecule has 0 fully saturated rings. The van der Waals surface area contributed by atoms with Crippen molar-refractivity contribution in [2.75, 3.05) is 12.8 Å². The first-order chi connectivity index (χ1) is 9.51. The topological polar surface area (TPSA) is 44.5 Å². The van der Waals surface area contributed by atoms with Crippen LogP contribution in [0.2, 0.25) is 0 Å². The lowest BCUT2D eigenvalue weighted by molar-refractivity contribution is 0.280. The van der Waals surface area contributed by atoms with E-state index in [-0.39, 0.29) is 16.8 Å². The molecule has 0 aliphatic heterocycles. The summed E-state index contributed by atoms with van der Waals surface area (Å²) in [5, 5.41) is 0. The summed E-state index contributed by atoms with van der Waals surface area (Å²) < 4.78 is 37.4. The average Bonchev–Trinajstić information content (AvgIpc) is 2.37. The first-order valence-electron chi connectivity index (χ1n) is 5.71. The van der Waals surface area contributed by atoms with Crippen LogP contribution in [0.15, 0.2) is 34.8 Å². The van der Waals surface area contributed by atoms with Gasteiger partial charge in [0, 0.05) is 17.3 Å². The molecule has 2 N–H and O–H groups in total. The van der Waals surface area contributed by atoms with E-state index in [1.54, 1.807) is 18.2 Å². The monoisotopic (exact) mass is 343 g/mol. The zero-order valence-electron chi connectivity index (χ0n) is 10.6. The minimum Gasteiger partial charge on any atom is -0.496 e. The number of nitrogen functional groups attached to an aromatic ring is 1. The van der Waals surface area contributed by atoms with E-state index in [2.05, 4.69) is 15.9 Å². The summed E-state index contributed by atoms with van der Waals surface area (Å²) in [6.07, 6.45) is 0. The molecule has 3 nitrogen and oxygen atoms in total. The van der Waals surface area contributed by atoms with Gasteiger partial charge in [-0.05, 0) is 40.2 Å². The molecule has 0 unspecified atom stereocenters. The number of rotatable bonds is 4. The van der Waals surface area contributed by atoms with Gasteiger partial charge in [-0.25, -0.2) is 8.78 Å². The van der Waals surface area contributed by atoms with E-state index in [9.17, 15) is 8.78 Å². The number of nitrogens with two attached hydrogens (primary N) is 1. The van der Waals surface area contributed by atoms with Gasteiger partial charge in [-0.1, -0.05) is 0 Å². The molecule has 0 atom stereocenters. The molecule has 0 aliphatic rings. The Morgan fingerprint density at radius 1 is 1.20 bits per heavy atom. The van der Waals surface area contributed by atoms with Crippen LogP contribution in [0.3, 0.4) is 0 Å². The van der Waals surface area contributed by atoms with Gasteiger partial charge in [0.05, 0.1) is 11.6 Å². The van der Waals surface area contributed by atoms with Gasteiger partial charge in [-0.15, -0.1) is 0 Å². The molecule has 0 heterocycles. The van der Waals surface area contributed by atoms with E-state index in [1.165, 1.54) is 7.11 Å². The molecule has 2 aromatic rings. The number of halogens is 3. The van der Waals surface area contributed by atoms with E-state index in [4.69, 9.17) is 15.2 Å². The highest BCUT2D eigenvalue weighted by Gasteiger charge is 2.12. The number of hydrogen-bond donors (Lipinski definition) is 1. The van der Waals surface area contributed by atoms with Gasteiger partial charge in [-0.3, -0.25) is 0 Å². The maximum Gasteiger partial charge on any atom is 0.169 e. The van der Waals surface area contributed by atoms with Crippen LogP contribution in [-0.2, 0) is 6.61 Å². The van der Waals surface area contributed by atoms with Crippen LogP contribution in [0, 0.1) is 11.6 Å². The van der Waals surface area contributed by atoms with Gasteiger partial charge in [-0.2, -0.15) is 0 Å². The fourth-order valence-electron chi connectivity index (χ4n) is 1.73. The fourth-order valence-corrected chi connectivity index (χ4v) is 2.25. The molecule has 0 spiro atoms. The molecule has 0 aliphatic carbocycles. The SMILES string of the molecule is COc1ccc(N)cc1COc1c(F)cc(F)cc1Br. The summed E-state index contributed by atoms with van der Waals surface area (Å²) in [6.45, 7) is 0.0510. The van der Waals surface area contributed by atoms with E-state index in [0.717, 1.165) is 12.1 Å². The number of methoxy groups -OCH3 is 1. The van der Waals surface area contributed by atoms with Gasteiger partial charge in [0.2, 0.25) is 0 Å². The zero-order valence-corrected chi connectivity index (χ0v) is 12.2. The summed E-state index contributed by atoms with van der Waals surface area (Å²) in [4.78, 5) is 0. The van der Waals surface area contributed by atoms with Gasteiger partial charge >= 0.3 is 0 Å². The summed E-state index contributed by atoms with van der Waals surface area (Å²) in [5.74, 6) is -0.934. The average molecular weight is 344 g/mol. The second kappa shape index (κ2) is 6.09. The van der Waals surface area contributed by atoms with Crippen molar-refractivity contribution in [1.29, 1.82) is 0 Å². The van der Waals surface area contributed by atoms with Crippen molar-refractivity contribution in [2.45, 2.75) is 6.61 Å². The van der Waals surface area contributed by atoms with Gasteiger partial charge < -0.3 is 15.2 Å². The van der Waals surface area contributed by atoms with Crippen molar-refractivity contribution in [3.05, 3.63) is 52.0 Å². The van der Waals surface area contributed by atoms with Gasteiger partial charge in [0.25, 0.3) is 0 Å². The van der Waals surface area contributed by atoms with Crippen molar-refractivity contribution in [2.24, 2.45) is 0 Å². The van der Waals surface area contributed by atoms with Crippen LogP contribution in [0.1, 0.15) is 5.56 Å². The molecule has 0 bridgehead atoms. The molecule has 0 saturated carbocycles. The second-order valence-corrected chi connectivity index (χ2v) is 4.91. The van der Waals surface area contributed by atoms with E-state index in [1.807, 2.05) is 0 Å². The first-order valence-corrected chi connectivity index (χ1v) is 6.50. The predicted octanol–water partition coefficient (Wildman–Crippen LogP) is 3.90. The number of anilines is 1. The predicted molar refractivity (Wildman–Crippen MR) is 75.8 cm³/mol. The van der Waals surface area contributed by atoms with Crippen LogP contribution >= 0.6 is 15.9 Å². The summed E-state index contributed by atoms with van der Waals surface area (Å²) in [6, 6.07) is 6.96. The molecule has 0 amide bonds. The maximum absolute atomic E-state index is 13.6. The highest BCUT2D eigenvalue weighted by molar-refractivity contribution is 9.10. The molecule has 0 saturated heterocycles. The summed E-state index contributed by atoms with van der Waals surface area (Å²) in [5.41, 5.74) is 6.90. The highest BCUT2D eigenvalue weighted by atomic mass is 79.9. The third kappa shape index (κ3) is 3.19. The van der Waals surface area contributed by atoms with Crippen molar-refractivity contribution in [1.82, 2.24) is 0 Å². The zero-order chi connectivity index (χ0) is 14.7. The summed E-state index contributed by atoms with van der Waals surface area (Å²) >= 11 is 3.06. The normalized spacial score (nSPS) is 10.4. The number of benzene rings is 2. The van der Waals surface area contributed by atoms with E-state index >= 15 is 0 Å². The Kier molecular flexibility index (Phi) is 4.44. The molecule has 0 radical (unpaired) electrons. The quantitative estimate of drug-likeness (QED) is 0.856. The third-order valence-corrected chi connectivity index (χ3v) is 3.23. The molecular weight excluding hydrogens is 332 g/mol. The largest absolute Gasteiger partial charge is 0.496 e. The van der Waals surface area contributed by atoms with Crippen molar-refractivity contribution in [3.8, 4) is 11.5 Å². The minimum absolute atomic E-state index is 0.0510. The second-order valence-electron chi connectivity index (χ2n) is 4.06. The Morgan fingerprint density at radius 2 is 1.95 bits per heavy atom. The third-order valence-electron chi connectivity index (χ3n) is 2.64. The molecule has 0 aromatic heterocycles. The standard InChI is InChI=1S/C14H12BrF2NO2/c1-19-13-3-2-10(18)4-8(13)7-20-14-11(15)5-9(16)6-12(14)17/h2-6H,7,18H2,1H3. The lowest BCUT2D eigenvalue weighted by atomic mass is 10.2. The van der Waals surface area contributed by atoms with Crippen LogP contribution in [0.25, 0.3) is 0 Å². The molecule has 2 rings (SSSR count). The first kappa shape index (κ1) is 14.6. The van der Waals surface area contributed by atoms with Gasteiger partial charge in [0.15, 0.2) is 11.6 Å². The van der Waals surface area contributed by atoms with Gasteiger partial charge in [0.1, 0.15) is 18.2 Å². The van der Waals surface area contributed by atoms with E-state index in [0.29, 0.717) is 17.0 Å². The molecule has 6 heteroatoms. The maximum atomic E-state index is 13.6. The Hall–Kier alpha value is -1.82. The molecule has 2 aromatic carbocycles. The smallest absolute Gasteiger partial charge is 0.169 e. The van der Waals surface area contributed by atoms with Crippen LogP contribution < -0.4 is 15.2 Å². The van der Waals surface area contributed by atoms with Crippen LogP contribution in [0.4, 0.5) is 14.5 Å². The lowest BCUT2D eigenvalue weighted by Gasteiger charge is -2.12. The van der Waals surface area contributed by atoms with Crippen molar-refractivity contribution in [3.63, 3.8) is 0 Å². The number of ether oxygens (including phenoxy) is 2. The Bertz CT molecular complexity index is 612. The lowest BCUT2D eigenvalue weighted by Crippen LogP contribution is -2.02. The van der Waals surface area contributed by atoms with Crippen LogP contribution in [0.5, 0.6) is 11.5 Å². The number of hydrogen-bond acceptors (Lipinski definition) is 3. The van der Waals surface area contributed by atoms with E-state index < -0.39 is 11.6 Å². The summed E-state index contributed by atoms with van der Waals surface area (Å²) in [7, 11) is 1.52. The molecule has 106 valence electrons. The highest BCUT2D eigenvalue weighted by Crippen LogP contribution is 2.31. The Balaban J connectivity index is 2.23. The Morgan fingerprint density at radius 3 is 2.60 bits per heavy atom.